The molecule has 0 aliphatic carbocycles. The van der Waals surface area contributed by atoms with Crippen LogP contribution in [0.25, 0.3) is 16.9 Å². The fraction of sp³-hybridized carbons (Fsp3) is 0.350. The molecule has 0 aliphatic rings. The number of urea groups is 1. The molecular formula is C20H26N6O. The average Bonchev–Trinajstić information content (AvgIpc) is 3.04. The molecule has 0 saturated heterocycles. The monoisotopic (exact) mass is 366 g/mol. The number of carbonyl (C=O) groups excluding carboxylic acids is 1. The van der Waals surface area contributed by atoms with Crippen molar-refractivity contribution < 1.29 is 4.79 Å². The molecule has 2 amide bonds. The minimum Gasteiger partial charge on any atom is -0.367 e. The molecule has 0 bridgehead atoms. The van der Waals surface area contributed by atoms with Crippen LogP contribution in [0, 0.1) is 0 Å². The van der Waals surface area contributed by atoms with E-state index in [1.165, 1.54) is 0 Å². The van der Waals surface area contributed by atoms with Gasteiger partial charge >= 0.3 is 6.03 Å². The van der Waals surface area contributed by atoms with E-state index in [4.69, 9.17) is 0 Å². The van der Waals surface area contributed by atoms with Gasteiger partial charge in [0.1, 0.15) is 5.82 Å². The highest BCUT2D eigenvalue weighted by molar-refractivity contribution is 5.74. The first-order valence-electron chi connectivity index (χ1n) is 9.01. The van der Waals surface area contributed by atoms with Gasteiger partial charge in [-0.25, -0.2) is 14.3 Å². The van der Waals surface area contributed by atoms with Gasteiger partial charge in [-0.1, -0.05) is 30.3 Å². The number of hydrogen-bond acceptors (Lipinski definition) is 4. The Morgan fingerprint density at radius 3 is 2.59 bits per heavy atom. The third-order valence-corrected chi connectivity index (χ3v) is 4.01. The van der Waals surface area contributed by atoms with Crippen LogP contribution in [0.15, 0.2) is 48.7 Å². The lowest BCUT2D eigenvalue weighted by atomic mass is 10.1. The Bertz CT molecular complexity index is 913. The standard InChI is InChI=1S/C20H26N6O/c1-20(2,3)23-19(27)25(4)13-12-21-17-10-11-18-22-14-16(26(18)24-17)15-8-6-5-7-9-15/h5-11,14H,12-13H2,1-4H3,(H,21,24)(H,23,27). The van der Waals surface area contributed by atoms with E-state index in [0.717, 1.165) is 22.7 Å². The van der Waals surface area contributed by atoms with Gasteiger partial charge in [-0.3, -0.25) is 0 Å². The summed E-state index contributed by atoms with van der Waals surface area (Å²) >= 11 is 0. The summed E-state index contributed by atoms with van der Waals surface area (Å²) in [6, 6.07) is 13.8. The highest BCUT2D eigenvalue weighted by atomic mass is 16.2. The number of rotatable bonds is 5. The van der Waals surface area contributed by atoms with Gasteiger partial charge in [0.15, 0.2) is 5.65 Å². The lowest BCUT2D eigenvalue weighted by Gasteiger charge is -2.25. The SMILES string of the molecule is CN(CCNc1ccc2ncc(-c3ccccc3)n2n1)C(=O)NC(C)(C)C. The van der Waals surface area contributed by atoms with E-state index < -0.39 is 0 Å². The predicted molar refractivity (Wildman–Crippen MR) is 108 cm³/mol. The van der Waals surface area contributed by atoms with Crippen molar-refractivity contribution in [1.29, 1.82) is 0 Å². The van der Waals surface area contributed by atoms with Crippen LogP contribution >= 0.6 is 0 Å². The zero-order chi connectivity index (χ0) is 19.4. The molecule has 7 heteroatoms. The molecule has 0 atom stereocenters. The zero-order valence-electron chi connectivity index (χ0n) is 16.2. The summed E-state index contributed by atoms with van der Waals surface area (Å²) in [6.07, 6.45) is 1.83. The molecule has 0 radical (unpaired) electrons. The van der Waals surface area contributed by atoms with Crippen molar-refractivity contribution in [3.05, 3.63) is 48.7 Å². The molecule has 0 saturated carbocycles. The summed E-state index contributed by atoms with van der Waals surface area (Å²) in [5, 5.41) is 10.9. The van der Waals surface area contributed by atoms with Gasteiger partial charge in [-0.05, 0) is 32.9 Å². The van der Waals surface area contributed by atoms with Gasteiger partial charge in [0.25, 0.3) is 0 Å². The summed E-state index contributed by atoms with van der Waals surface area (Å²) in [6.45, 7) is 7.06. The van der Waals surface area contributed by atoms with Crippen LogP contribution in [0.3, 0.4) is 0 Å². The number of fused-ring (bicyclic) bond motifs is 1. The molecule has 7 nitrogen and oxygen atoms in total. The zero-order valence-corrected chi connectivity index (χ0v) is 16.2. The van der Waals surface area contributed by atoms with E-state index in [9.17, 15) is 4.79 Å². The minimum atomic E-state index is -0.249. The van der Waals surface area contributed by atoms with Crippen molar-refractivity contribution in [3.63, 3.8) is 0 Å². The summed E-state index contributed by atoms with van der Waals surface area (Å²) in [5.74, 6) is 0.738. The molecule has 2 N–H and O–H groups in total. The number of likely N-dealkylation sites (N-methyl/N-ethyl adjacent to an activating group) is 1. The van der Waals surface area contributed by atoms with E-state index in [0.29, 0.717) is 13.1 Å². The maximum absolute atomic E-state index is 12.1. The van der Waals surface area contributed by atoms with Crippen molar-refractivity contribution in [2.45, 2.75) is 26.3 Å². The number of nitrogens with one attached hydrogen (secondary N) is 2. The first kappa shape index (κ1) is 18.7. The number of imidazole rings is 1. The van der Waals surface area contributed by atoms with Gasteiger partial charge in [0.2, 0.25) is 0 Å². The largest absolute Gasteiger partial charge is 0.367 e. The van der Waals surface area contributed by atoms with E-state index in [1.807, 2.05) is 73.9 Å². The van der Waals surface area contributed by atoms with E-state index >= 15 is 0 Å². The van der Waals surface area contributed by atoms with Crippen LogP contribution in [0.2, 0.25) is 0 Å². The second-order valence-electron chi connectivity index (χ2n) is 7.53. The van der Waals surface area contributed by atoms with Gasteiger partial charge in [-0.2, -0.15) is 0 Å². The number of nitrogens with zero attached hydrogens (tertiary/aromatic N) is 4. The molecule has 0 unspecified atom stereocenters. The molecule has 0 spiro atoms. The minimum absolute atomic E-state index is 0.0892. The highest BCUT2D eigenvalue weighted by Crippen LogP contribution is 2.20. The van der Waals surface area contributed by atoms with Gasteiger partial charge in [-0.15, -0.1) is 5.10 Å². The average molecular weight is 366 g/mol. The first-order chi connectivity index (χ1) is 12.8. The lowest BCUT2D eigenvalue weighted by molar-refractivity contribution is 0.201. The van der Waals surface area contributed by atoms with Gasteiger partial charge in [0, 0.05) is 31.2 Å². The summed E-state index contributed by atoms with van der Waals surface area (Å²) in [5.41, 5.74) is 2.55. The third-order valence-electron chi connectivity index (χ3n) is 4.01. The third kappa shape index (κ3) is 4.75. The molecule has 3 aromatic rings. The molecule has 0 aliphatic heterocycles. The van der Waals surface area contributed by atoms with E-state index in [-0.39, 0.29) is 11.6 Å². The predicted octanol–water partition coefficient (Wildman–Crippen LogP) is 3.25. The number of amides is 2. The topological polar surface area (TPSA) is 74.6 Å². The Labute approximate surface area is 159 Å². The quantitative estimate of drug-likeness (QED) is 0.727. The maximum Gasteiger partial charge on any atom is 0.317 e. The summed E-state index contributed by atoms with van der Waals surface area (Å²) < 4.78 is 1.83. The Balaban J connectivity index is 1.65. The number of benzene rings is 1. The number of aromatic nitrogens is 3. The van der Waals surface area contributed by atoms with Crippen LogP contribution in [0.4, 0.5) is 10.6 Å². The van der Waals surface area contributed by atoms with Crippen molar-refractivity contribution in [2.75, 3.05) is 25.5 Å². The fourth-order valence-corrected chi connectivity index (χ4v) is 2.64. The summed E-state index contributed by atoms with van der Waals surface area (Å²) in [7, 11) is 1.78. The van der Waals surface area contributed by atoms with Crippen LogP contribution in [0.1, 0.15) is 20.8 Å². The smallest absolute Gasteiger partial charge is 0.317 e. The van der Waals surface area contributed by atoms with Crippen LogP contribution in [0.5, 0.6) is 0 Å². The Hall–Kier alpha value is -3.09. The lowest BCUT2D eigenvalue weighted by Crippen LogP contribution is -2.48. The molecule has 27 heavy (non-hydrogen) atoms. The van der Waals surface area contributed by atoms with Crippen molar-refractivity contribution in [3.8, 4) is 11.3 Å². The molecule has 2 heterocycles. The molecule has 3 rings (SSSR count). The van der Waals surface area contributed by atoms with Gasteiger partial charge in [0.05, 0.1) is 11.9 Å². The molecule has 0 fully saturated rings. The van der Waals surface area contributed by atoms with Crippen molar-refractivity contribution in [2.24, 2.45) is 0 Å². The number of anilines is 1. The van der Waals surface area contributed by atoms with Crippen LogP contribution in [-0.2, 0) is 0 Å². The Morgan fingerprint density at radius 2 is 1.89 bits per heavy atom. The Morgan fingerprint density at radius 1 is 1.15 bits per heavy atom. The second-order valence-corrected chi connectivity index (χ2v) is 7.53. The highest BCUT2D eigenvalue weighted by Gasteiger charge is 2.16. The first-order valence-corrected chi connectivity index (χ1v) is 9.01. The normalized spacial score (nSPS) is 11.4. The van der Waals surface area contributed by atoms with Gasteiger partial charge < -0.3 is 15.5 Å². The number of hydrogen-bond donors (Lipinski definition) is 2. The van der Waals surface area contributed by atoms with E-state index in [2.05, 4.69) is 20.7 Å². The molecular weight excluding hydrogens is 340 g/mol. The second kappa shape index (κ2) is 7.65. The van der Waals surface area contributed by atoms with E-state index in [1.54, 1.807) is 11.9 Å². The van der Waals surface area contributed by atoms with Crippen molar-refractivity contribution in [1.82, 2.24) is 24.8 Å². The molecule has 142 valence electrons. The molecule has 2 aromatic heterocycles. The maximum atomic E-state index is 12.1. The summed E-state index contributed by atoms with van der Waals surface area (Å²) in [4.78, 5) is 18.2. The van der Waals surface area contributed by atoms with Crippen LogP contribution < -0.4 is 10.6 Å². The Kier molecular flexibility index (Phi) is 5.30. The van der Waals surface area contributed by atoms with Crippen LogP contribution in [-0.4, -0.2) is 51.2 Å². The number of carbonyl (C=O) groups is 1. The molecule has 1 aromatic carbocycles. The van der Waals surface area contributed by atoms with Crippen molar-refractivity contribution >= 4 is 17.5 Å². The fourth-order valence-electron chi connectivity index (χ4n) is 2.64.